The van der Waals surface area contributed by atoms with Gasteiger partial charge in [-0.25, -0.2) is 4.39 Å². The zero-order valence-corrected chi connectivity index (χ0v) is 9.01. The van der Waals surface area contributed by atoms with Crippen molar-refractivity contribution in [2.24, 2.45) is 0 Å². The second-order valence-electron chi connectivity index (χ2n) is 3.51. The monoisotopic (exact) mass is 242 g/mol. The van der Waals surface area contributed by atoms with Crippen LogP contribution in [-0.4, -0.2) is 28.6 Å². The number of non-ortho nitro benzene ring substituents is 1. The smallest absolute Gasteiger partial charge is 0.273 e. The van der Waals surface area contributed by atoms with Crippen LogP contribution in [0.15, 0.2) is 18.2 Å². The van der Waals surface area contributed by atoms with Crippen LogP contribution < -0.4 is 5.32 Å². The molecule has 1 aromatic rings. The first-order valence-electron chi connectivity index (χ1n) is 4.80. The molecule has 0 saturated heterocycles. The van der Waals surface area contributed by atoms with E-state index in [9.17, 15) is 19.3 Å². The molecule has 1 rings (SSSR count). The van der Waals surface area contributed by atoms with Crippen molar-refractivity contribution in [1.29, 1.82) is 0 Å². The van der Waals surface area contributed by atoms with Crippen molar-refractivity contribution >= 4 is 11.6 Å². The summed E-state index contributed by atoms with van der Waals surface area (Å²) in [5, 5.41) is 21.6. The molecule has 92 valence electrons. The van der Waals surface area contributed by atoms with Crippen LogP contribution in [0, 0.1) is 15.9 Å². The summed E-state index contributed by atoms with van der Waals surface area (Å²) in [7, 11) is 0. The summed E-state index contributed by atoms with van der Waals surface area (Å²) in [4.78, 5) is 21.2. The molecule has 0 aromatic heterocycles. The second-order valence-corrected chi connectivity index (χ2v) is 3.51. The summed E-state index contributed by atoms with van der Waals surface area (Å²) in [6, 6.07) is 2.09. The number of carbonyl (C=O) groups excluding carboxylic acids is 1. The number of nitro benzene ring substituents is 1. The van der Waals surface area contributed by atoms with E-state index in [1.165, 1.54) is 0 Å². The number of halogens is 1. The standard InChI is InChI=1S/C10H11FN2O4/c1-6(5-14)12-10(15)7-2-8(11)4-9(3-7)13(16)17/h2-4,6,14H,5H2,1H3,(H,12,15)/t6-/m1/s1. The zero-order chi connectivity index (χ0) is 13.0. The number of nitrogens with zero attached hydrogens (tertiary/aromatic N) is 1. The summed E-state index contributed by atoms with van der Waals surface area (Å²) >= 11 is 0. The van der Waals surface area contributed by atoms with Crippen LogP contribution in [0.4, 0.5) is 10.1 Å². The normalized spacial score (nSPS) is 11.9. The van der Waals surface area contributed by atoms with Gasteiger partial charge in [-0.1, -0.05) is 0 Å². The molecule has 6 nitrogen and oxygen atoms in total. The lowest BCUT2D eigenvalue weighted by molar-refractivity contribution is -0.385. The summed E-state index contributed by atoms with van der Waals surface area (Å²) < 4.78 is 13.0. The number of aliphatic hydroxyl groups is 1. The van der Waals surface area contributed by atoms with Crippen molar-refractivity contribution in [3.8, 4) is 0 Å². The number of carbonyl (C=O) groups is 1. The molecule has 2 N–H and O–H groups in total. The van der Waals surface area contributed by atoms with Crippen molar-refractivity contribution in [3.05, 3.63) is 39.7 Å². The number of aliphatic hydroxyl groups excluding tert-OH is 1. The van der Waals surface area contributed by atoms with Gasteiger partial charge in [-0.2, -0.15) is 0 Å². The van der Waals surface area contributed by atoms with Crippen molar-refractivity contribution < 1.29 is 19.2 Å². The molecular formula is C10H11FN2O4. The molecule has 0 saturated carbocycles. The van der Waals surface area contributed by atoms with E-state index in [4.69, 9.17) is 5.11 Å². The lowest BCUT2D eigenvalue weighted by Gasteiger charge is -2.10. The first-order chi connectivity index (χ1) is 7.93. The molecule has 17 heavy (non-hydrogen) atoms. The summed E-state index contributed by atoms with van der Waals surface area (Å²) in [5.74, 6) is -1.53. The number of amides is 1. The molecule has 0 fully saturated rings. The van der Waals surface area contributed by atoms with Crippen molar-refractivity contribution in [2.45, 2.75) is 13.0 Å². The Morgan fingerprint density at radius 2 is 2.24 bits per heavy atom. The number of hydrogen-bond acceptors (Lipinski definition) is 4. The minimum absolute atomic E-state index is 0.156. The van der Waals surface area contributed by atoms with Gasteiger partial charge in [-0.15, -0.1) is 0 Å². The van der Waals surface area contributed by atoms with Crippen LogP contribution >= 0.6 is 0 Å². The molecule has 0 aliphatic rings. The van der Waals surface area contributed by atoms with Crippen molar-refractivity contribution in [1.82, 2.24) is 5.32 Å². The molecule has 0 aliphatic heterocycles. The minimum atomic E-state index is -0.860. The first-order valence-corrected chi connectivity index (χ1v) is 4.80. The lowest BCUT2D eigenvalue weighted by Crippen LogP contribution is -2.35. The topological polar surface area (TPSA) is 92.5 Å². The number of benzene rings is 1. The number of nitro groups is 1. The fourth-order valence-corrected chi connectivity index (χ4v) is 1.16. The Morgan fingerprint density at radius 3 is 2.76 bits per heavy atom. The van der Waals surface area contributed by atoms with Gasteiger partial charge in [0.25, 0.3) is 11.6 Å². The Hall–Kier alpha value is -2.02. The van der Waals surface area contributed by atoms with Gasteiger partial charge in [-0.05, 0) is 13.0 Å². The molecule has 0 radical (unpaired) electrons. The van der Waals surface area contributed by atoms with Crippen LogP contribution in [0.25, 0.3) is 0 Å². The summed E-state index contributed by atoms with van der Waals surface area (Å²) in [5.41, 5.74) is -0.649. The summed E-state index contributed by atoms with van der Waals surface area (Å²) in [6.45, 7) is 1.27. The van der Waals surface area contributed by atoms with E-state index in [2.05, 4.69) is 5.32 Å². The third-order valence-corrected chi connectivity index (χ3v) is 2.01. The van der Waals surface area contributed by atoms with E-state index in [0.717, 1.165) is 18.2 Å². The Balaban J connectivity index is 2.97. The first kappa shape index (κ1) is 13.0. The molecule has 0 spiro atoms. The average Bonchev–Trinajstić information content (AvgIpc) is 2.27. The highest BCUT2D eigenvalue weighted by Crippen LogP contribution is 2.16. The number of rotatable bonds is 4. The third-order valence-electron chi connectivity index (χ3n) is 2.01. The van der Waals surface area contributed by atoms with E-state index < -0.39 is 28.4 Å². The van der Waals surface area contributed by atoms with Crippen LogP contribution in [0.2, 0.25) is 0 Å². The van der Waals surface area contributed by atoms with Crippen LogP contribution in [-0.2, 0) is 0 Å². The van der Waals surface area contributed by atoms with Crippen molar-refractivity contribution in [2.75, 3.05) is 6.61 Å². The molecule has 1 atom stereocenters. The van der Waals surface area contributed by atoms with Gasteiger partial charge >= 0.3 is 0 Å². The van der Waals surface area contributed by atoms with Gasteiger partial charge < -0.3 is 10.4 Å². The van der Waals surface area contributed by atoms with Crippen LogP contribution in [0.5, 0.6) is 0 Å². The molecule has 7 heteroatoms. The van der Waals surface area contributed by atoms with E-state index >= 15 is 0 Å². The Bertz CT molecular complexity index is 450. The molecule has 0 aliphatic carbocycles. The molecule has 0 heterocycles. The van der Waals surface area contributed by atoms with E-state index in [1.807, 2.05) is 0 Å². The summed E-state index contributed by atoms with van der Waals surface area (Å²) in [6.07, 6.45) is 0. The Labute approximate surface area is 96.2 Å². The molecule has 1 aromatic carbocycles. The largest absolute Gasteiger partial charge is 0.394 e. The third kappa shape index (κ3) is 3.49. The van der Waals surface area contributed by atoms with Gasteiger partial charge in [0.2, 0.25) is 0 Å². The quantitative estimate of drug-likeness (QED) is 0.604. The molecule has 1 amide bonds. The minimum Gasteiger partial charge on any atom is -0.394 e. The maximum atomic E-state index is 13.0. The maximum absolute atomic E-state index is 13.0. The number of hydrogen-bond donors (Lipinski definition) is 2. The van der Waals surface area contributed by atoms with Crippen molar-refractivity contribution in [3.63, 3.8) is 0 Å². The van der Waals surface area contributed by atoms with E-state index in [0.29, 0.717) is 0 Å². The van der Waals surface area contributed by atoms with E-state index in [1.54, 1.807) is 6.92 Å². The molecular weight excluding hydrogens is 231 g/mol. The highest BCUT2D eigenvalue weighted by molar-refractivity contribution is 5.95. The number of nitrogens with one attached hydrogen (secondary N) is 1. The predicted octanol–water partition coefficient (Wildman–Crippen LogP) is 0.845. The molecule has 0 unspecified atom stereocenters. The van der Waals surface area contributed by atoms with Crippen LogP contribution in [0.3, 0.4) is 0 Å². The van der Waals surface area contributed by atoms with Gasteiger partial charge in [0.1, 0.15) is 5.82 Å². The van der Waals surface area contributed by atoms with Gasteiger partial charge in [-0.3, -0.25) is 14.9 Å². The Kier molecular flexibility index (Phi) is 4.11. The lowest BCUT2D eigenvalue weighted by atomic mass is 10.1. The van der Waals surface area contributed by atoms with Gasteiger partial charge in [0.05, 0.1) is 17.6 Å². The Morgan fingerprint density at radius 1 is 1.59 bits per heavy atom. The maximum Gasteiger partial charge on any atom is 0.273 e. The van der Waals surface area contributed by atoms with E-state index in [-0.39, 0.29) is 12.2 Å². The predicted molar refractivity (Wildman–Crippen MR) is 57.1 cm³/mol. The van der Waals surface area contributed by atoms with Crippen LogP contribution in [0.1, 0.15) is 17.3 Å². The van der Waals surface area contributed by atoms with Gasteiger partial charge in [0, 0.05) is 17.7 Å². The highest BCUT2D eigenvalue weighted by Gasteiger charge is 2.15. The SMILES string of the molecule is C[C@H](CO)NC(=O)c1cc(F)cc([N+](=O)[O-])c1. The zero-order valence-electron chi connectivity index (χ0n) is 9.01. The molecule has 0 bridgehead atoms. The second kappa shape index (κ2) is 5.35. The fraction of sp³-hybridized carbons (Fsp3) is 0.300. The average molecular weight is 242 g/mol. The van der Waals surface area contributed by atoms with Gasteiger partial charge in [0.15, 0.2) is 0 Å². The highest BCUT2D eigenvalue weighted by atomic mass is 19.1. The fourth-order valence-electron chi connectivity index (χ4n) is 1.16.